The summed E-state index contributed by atoms with van der Waals surface area (Å²) in [7, 11) is 0. The van der Waals surface area contributed by atoms with E-state index in [9.17, 15) is 19.7 Å². The van der Waals surface area contributed by atoms with Crippen molar-refractivity contribution in [3.8, 4) is 0 Å². The van der Waals surface area contributed by atoms with Gasteiger partial charge in [-0.1, -0.05) is 36.4 Å². The number of benzene rings is 2. The molecule has 148 valence electrons. The third kappa shape index (κ3) is 3.94. The van der Waals surface area contributed by atoms with E-state index in [1.54, 1.807) is 0 Å². The Morgan fingerprint density at radius 1 is 1.07 bits per heavy atom. The fourth-order valence-corrected chi connectivity index (χ4v) is 3.31. The molecule has 0 aromatic heterocycles. The van der Waals surface area contributed by atoms with Crippen LogP contribution in [-0.2, 0) is 16.1 Å². The van der Waals surface area contributed by atoms with Crippen LogP contribution < -0.4 is 0 Å². The third-order valence-corrected chi connectivity index (χ3v) is 4.74. The summed E-state index contributed by atoms with van der Waals surface area (Å²) >= 11 is 0. The monoisotopic (exact) mass is 391 g/mol. The van der Waals surface area contributed by atoms with Gasteiger partial charge in [-0.15, -0.1) is 6.58 Å². The van der Waals surface area contributed by atoms with Crippen LogP contribution >= 0.6 is 0 Å². The van der Waals surface area contributed by atoms with Crippen molar-refractivity contribution < 1.29 is 14.5 Å². The first kappa shape index (κ1) is 20.0. The topological polar surface area (TPSA) is 83.8 Å². The van der Waals surface area contributed by atoms with E-state index < -0.39 is 10.8 Å². The number of carbonyl (C=O) groups is 2. The van der Waals surface area contributed by atoms with Gasteiger partial charge in [0.2, 0.25) is 0 Å². The van der Waals surface area contributed by atoms with E-state index in [0.29, 0.717) is 24.4 Å². The van der Waals surface area contributed by atoms with E-state index in [1.807, 2.05) is 42.2 Å². The summed E-state index contributed by atoms with van der Waals surface area (Å²) in [5.41, 5.74) is 1.96. The number of imide groups is 1. The van der Waals surface area contributed by atoms with Crippen LogP contribution in [0.5, 0.6) is 0 Å². The summed E-state index contributed by atoms with van der Waals surface area (Å²) in [5.74, 6) is -0.814. The first-order valence-electron chi connectivity index (χ1n) is 9.23. The average molecular weight is 391 g/mol. The highest BCUT2D eigenvalue weighted by atomic mass is 16.6. The molecule has 1 aliphatic rings. The molecule has 29 heavy (non-hydrogen) atoms. The van der Waals surface area contributed by atoms with Crippen LogP contribution in [0.4, 0.5) is 5.69 Å². The lowest BCUT2D eigenvalue weighted by molar-refractivity contribution is -0.384. The lowest BCUT2D eigenvalue weighted by Gasteiger charge is -2.24. The number of rotatable bonds is 8. The van der Waals surface area contributed by atoms with Gasteiger partial charge in [0.25, 0.3) is 17.5 Å². The second kappa shape index (κ2) is 8.52. The van der Waals surface area contributed by atoms with Crippen LogP contribution in [0.2, 0.25) is 0 Å². The van der Waals surface area contributed by atoms with Crippen molar-refractivity contribution in [2.24, 2.45) is 0 Å². The molecule has 0 saturated heterocycles. The van der Waals surface area contributed by atoms with Crippen LogP contribution in [0, 0.1) is 10.1 Å². The van der Waals surface area contributed by atoms with Crippen LogP contribution in [0.3, 0.4) is 0 Å². The van der Waals surface area contributed by atoms with Crippen molar-refractivity contribution in [3.05, 3.63) is 94.2 Å². The Morgan fingerprint density at radius 2 is 1.72 bits per heavy atom. The molecule has 0 radical (unpaired) electrons. The van der Waals surface area contributed by atoms with E-state index in [1.165, 1.54) is 30.3 Å². The summed E-state index contributed by atoms with van der Waals surface area (Å²) < 4.78 is 0. The van der Waals surface area contributed by atoms with Crippen molar-refractivity contribution in [2.45, 2.75) is 13.5 Å². The molecule has 0 N–H and O–H groups in total. The van der Waals surface area contributed by atoms with Crippen LogP contribution in [-0.4, -0.2) is 39.6 Å². The molecular weight excluding hydrogens is 370 g/mol. The summed E-state index contributed by atoms with van der Waals surface area (Å²) in [6.45, 7) is 6.62. The fraction of sp³-hybridized carbons (Fsp3) is 0.182. The molecule has 0 atom stereocenters. The maximum absolute atomic E-state index is 13.1. The van der Waals surface area contributed by atoms with Crippen LogP contribution in [0.1, 0.15) is 18.1 Å². The Kier molecular flexibility index (Phi) is 5.87. The zero-order chi connectivity index (χ0) is 21.0. The van der Waals surface area contributed by atoms with Crippen molar-refractivity contribution in [2.75, 3.05) is 13.1 Å². The number of amides is 2. The smallest absolute Gasteiger partial charge is 0.278 e. The minimum absolute atomic E-state index is 0.0766. The Hall–Kier alpha value is -3.74. The van der Waals surface area contributed by atoms with Gasteiger partial charge in [-0.3, -0.25) is 24.6 Å². The second-order valence-electron chi connectivity index (χ2n) is 6.54. The largest absolute Gasteiger partial charge is 0.362 e. The first-order valence-corrected chi connectivity index (χ1v) is 9.23. The van der Waals surface area contributed by atoms with Crippen LogP contribution in [0.15, 0.2) is 72.9 Å². The number of nitro groups is 1. The molecule has 0 bridgehead atoms. The van der Waals surface area contributed by atoms with E-state index in [2.05, 4.69) is 6.58 Å². The van der Waals surface area contributed by atoms with Gasteiger partial charge < -0.3 is 4.90 Å². The van der Waals surface area contributed by atoms with Gasteiger partial charge in [0, 0.05) is 31.8 Å². The summed E-state index contributed by atoms with van der Waals surface area (Å²) in [6.07, 6.45) is 1.50. The highest BCUT2D eigenvalue weighted by Crippen LogP contribution is 2.33. The number of hydrogen-bond acceptors (Lipinski definition) is 5. The molecule has 7 nitrogen and oxygen atoms in total. The SMILES string of the molecule is C=CCN1C(=O)C(c2ccc([N+](=O)[O-])cc2)=C(N(CC)Cc2ccccc2)C1=O. The van der Waals surface area contributed by atoms with Gasteiger partial charge in [-0.25, -0.2) is 0 Å². The zero-order valence-corrected chi connectivity index (χ0v) is 16.1. The second-order valence-corrected chi connectivity index (χ2v) is 6.54. The molecule has 3 rings (SSSR count). The number of nitro benzene ring substituents is 1. The minimum atomic E-state index is -0.502. The molecule has 0 fully saturated rings. The number of nitrogens with zero attached hydrogens (tertiary/aromatic N) is 3. The lowest BCUT2D eigenvalue weighted by Crippen LogP contribution is -2.35. The molecule has 2 amide bonds. The molecule has 0 spiro atoms. The fourth-order valence-electron chi connectivity index (χ4n) is 3.31. The Morgan fingerprint density at radius 3 is 2.28 bits per heavy atom. The predicted octanol–water partition coefficient (Wildman–Crippen LogP) is 3.38. The molecular formula is C22H21N3O4. The molecule has 0 saturated carbocycles. The van der Waals surface area contributed by atoms with Gasteiger partial charge >= 0.3 is 0 Å². The lowest BCUT2D eigenvalue weighted by atomic mass is 10.0. The normalized spacial score (nSPS) is 13.8. The highest BCUT2D eigenvalue weighted by molar-refractivity contribution is 6.35. The van der Waals surface area contributed by atoms with Crippen LogP contribution in [0.25, 0.3) is 5.57 Å². The van der Waals surface area contributed by atoms with Gasteiger partial charge in [-0.2, -0.15) is 0 Å². The van der Waals surface area contributed by atoms with Crippen molar-refractivity contribution >= 4 is 23.1 Å². The molecule has 2 aromatic carbocycles. The van der Waals surface area contributed by atoms with Gasteiger partial charge in [0.05, 0.1) is 10.5 Å². The number of likely N-dealkylation sites (N-methyl/N-ethyl adjacent to an activating group) is 1. The van der Waals surface area contributed by atoms with Gasteiger partial charge in [0.1, 0.15) is 5.70 Å². The maximum atomic E-state index is 13.1. The Bertz CT molecular complexity index is 981. The van der Waals surface area contributed by atoms with Crippen molar-refractivity contribution in [1.29, 1.82) is 0 Å². The number of hydrogen-bond donors (Lipinski definition) is 0. The molecule has 7 heteroatoms. The van der Waals surface area contributed by atoms with Crippen molar-refractivity contribution in [1.82, 2.24) is 9.80 Å². The molecule has 2 aromatic rings. The third-order valence-electron chi connectivity index (χ3n) is 4.74. The number of non-ortho nitro benzene ring substituents is 1. The highest BCUT2D eigenvalue weighted by Gasteiger charge is 2.40. The van der Waals surface area contributed by atoms with Gasteiger partial charge in [0.15, 0.2) is 0 Å². The Balaban J connectivity index is 2.09. The number of carbonyl (C=O) groups excluding carboxylic acids is 2. The zero-order valence-electron chi connectivity index (χ0n) is 16.1. The summed E-state index contributed by atoms with van der Waals surface area (Å²) in [4.78, 5) is 39.6. The summed E-state index contributed by atoms with van der Waals surface area (Å²) in [6, 6.07) is 15.3. The molecule has 0 aliphatic carbocycles. The van der Waals surface area contributed by atoms with E-state index in [0.717, 1.165) is 10.5 Å². The van der Waals surface area contributed by atoms with Crippen molar-refractivity contribution in [3.63, 3.8) is 0 Å². The Labute approximate surface area is 168 Å². The molecule has 1 aliphatic heterocycles. The minimum Gasteiger partial charge on any atom is -0.362 e. The van der Waals surface area contributed by atoms with Gasteiger partial charge in [-0.05, 0) is 30.2 Å². The maximum Gasteiger partial charge on any atom is 0.278 e. The predicted molar refractivity (Wildman–Crippen MR) is 109 cm³/mol. The summed E-state index contributed by atoms with van der Waals surface area (Å²) in [5, 5.41) is 11.0. The van der Waals surface area contributed by atoms with E-state index in [4.69, 9.17) is 0 Å². The quantitative estimate of drug-likeness (QED) is 0.298. The standard InChI is InChI=1S/C22H21N3O4/c1-3-14-24-21(26)19(17-10-12-18(13-11-17)25(28)29)20(22(24)27)23(4-2)15-16-8-6-5-7-9-16/h3,5-13H,1,4,14-15H2,2H3. The molecule has 0 unspecified atom stereocenters. The van der Waals surface area contributed by atoms with E-state index in [-0.39, 0.29) is 23.7 Å². The average Bonchev–Trinajstić information content (AvgIpc) is 2.98. The first-order chi connectivity index (χ1) is 14.0. The van der Waals surface area contributed by atoms with E-state index >= 15 is 0 Å². The molecule has 1 heterocycles.